The van der Waals surface area contributed by atoms with Crippen LogP contribution in [0.2, 0.25) is 0 Å². The largest absolute Gasteiger partial charge is 0.477 e. The fourth-order valence-corrected chi connectivity index (χ4v) is 9.76. The molecule has 376 valence electrons. The Hall–Kier alpha value is -7.55. The van der Waals surface area contributed by atoms with E-state index in [1.807, 2.05) is 48.0 Å². The van der Waals surface area contributed by atoms with E-state index in [0.717, 1.165) is 75.1 Å². The van der Waals surface area contributed by atoms with Crippen molar-refractivity contribution in [3.63, 3.8) is 0 Å². The van der Waals surface area contributed by atoms with E-state index < -0.39 is 34.4 Å². The van der Waals surface area contributed by atoms with Gasteiger partial charge in [0.05, 0.1) is 33.8 Å². The van der Waals surface area contributed by atoms with Gasteiger partial charge in [-0.3, -0.25) is 14.5 Å². The summed E-state index contributed by atoms with van der Waals surface area (Å²) in [4.78, 5) is 58.3. The molecule has 8 aromatic rings. The Balaban J connectivity index is 0.000000141. The van der Waals surface area contributed by atoms with Gasteiger partial charge in [-0.1, -0.05) is 40.2 Å². The predicted molar refractivity (Wildman–Crippen MR) is 277 cm³/mol. The fraction of sp³-hybridized carbons (Fsp3) is 0.302. The van der Waals surface area contributed by atoms with Gasteiger partial charge in [0.15, 0.2) is 0 Å². The molecule has 4 aromatic carbocycles. The van der Waals surface area contributed by atoms with Crippen molar-refractivity contribution in [3.8, 4) is 11.4 Å². The Morgan fingerprint density at radius 3 is 1.62 bits per heavy atom. The fourth-order valence-electron chi connectivity index (χ4n) is 9.38. The topological polar surface area (TPSA) is 189 Å². The second kappa shape index (κ2) is 21.3. The van der Waals surface area contributed by atoms with Crippen molar-refractivity contribution >= 4 is 61.0 Å². The Labute approximate surface area is 425 Å². The van der Waals surface area contributed by atoms with Crippen molar-refractivity contribution in [2.24, 2.45) is 0 Å². The maximum absolute atomic E-state index is 15.2. The predicted octanol–water partition coefficient (Wildman–Crippen LogP) is 7.43. The van der Waals surface area contributed by atoms with Crippen LogP contribution in [0.1, 0.15) is 69.6 Å². The molecule has 2 aliphatic carbocycles. The summed E-state index contributed by atoms with van der Waals surface area (Å²) in [7, 11) is 0. The smallest absolute Gasteiger partial charge is 0.341 e. The summed E-state index contributed by atoms with van der Waals surface area (Å²) in [6.45, 7) is 6.61. The van der Waals surface area contributed by atoms with E-state index in [9.17, 15) is 33.8 Å². The van der Waals surface area contributed by atoms with E-state index >= 15 is 4.39 Å². The first-order valence-electron chi connectivity index (χ1n) is 24.2. The van der Waals surface area contributed by atoms with E-state index in [-0.39, 0.29) is 34.0 Å². The number of aromatic nitrogens is 7. The molecule has 0 bridgehead atoms. The second-order valence-electron chi connectivity index (χ2n) is 18.5. The minimum absolute atomic E-state index is 0.121. The van der Waals surface area contributed by atoms with E-state index in [1.54, 1.807) is 29.3 Å². The standard InChI is InChI=1S/C26H25FN6O3.C17H18FN3O3.C10H9BrN2/c27-22-11-20-23(32(18-5-6-18)14-21(25(20)34)26(35)36)12-24(22)31-9-7-30(8-10-31)13-17-1-3-19(4-2-17)33-16-28-15-29-33;18-13-7-11-14(8-15(13)20-5-3-19-4-6-20)21(10-1-2-10)9-12(16(11)22)17(23)24;11-8-9-2-4-10(5-3-9)13-7-1-6-12-13/h1-4,11-12,14-16,18H,5-10,13H2,(H,35,36);7-10,19H,1-6H2,(H,23,24);1-7H,8H2. The number of hydrogen-bond acceptors (Lipinski definition) is 11. The number of carbonyl (C=O) groups is 2. The molecular weight excluding hydrogens is 1000 g/mol. The third kappa shape index (κ3) is 10.8. The lowest BCUT2D eigenvalue weighted by Gasteiger charge is -2.36. The summed E-state index contributed by atoms with van der Waals surface area (Å²) < 4.78 is 37.0. The van der Waals surface area contributed by atoms with Crippen LogP contribution in [0.3, 0.4) is 0 Å². The lowest BCUT2D eigenvalue weighted by atomic mass is 10.1. The number of fused-ring (bicyclic) bond motifs is 2. The number of nitrogens with zero attached hydrogens (tertiary/aromatic N) is 10. The summed E-state index contributed by atoms with van der Waals surface area (Å²) in [5.41, 5.74) is 4.76. The molecule has 0 amide bonds. The second-order valence-corrected chi connectivity index (χ2v) is 19.1. The Morgan fingerprint density at radius 1 is 0.658 bits per heavy atom. The van der Waals surface area contributed by atoms with Gasteiger partial charge in [0.2, 0.25) is 10.9 Å². The molecule has 0 atom stereocenters. The van der Waals surface area contributed by atoms with Gasteiger partial charge in [0.1, 0.15) is 35.4 Å². The number of pyridine rings is 2. The zero-order valence-corrected chi connectivity index (χ0v) is 41.2. The molecule has 17 nitrogen and oxygen atoms in total. The number of rotatable bonds is 11. The molecule has 4 aliphatic rings. The average Bonchev–Trinajstić information content (AvgIpc) is 4.32. The van der Waals surface area contributed by atoms with E-state index in [1.165, 1.54) is 42.0 Å². The molecule has 6 heterocycles. The van der Waals surface area contributed by atoms with Gasteiger partial charge in [0.25, 0.3) is 0 Å². The molecule has 2 saturated heterocycles. The summed E-state index contributed by atoms with van der Waals surface area (Å²) in [5.74, 6) is -3.54. The molecular formula is C53H52BrF2N11O6. The maximum atomic E-state index is 15.2. The minimum atomic E-state index is -1.29. The Morgan fingerprint density at radius 2 is 1.16 bits per heavy atom. The van der Waals surface area contributed by atoms with Crippen LogP contribution in [0, 0.1) is 11.6 Å². The quantitative estimate of drug-likeness (QED) is 0.109. The number of aromatic carboxylic acids is 2. The lowest BCUT2D eigenvalue weighted by Crippen LogP contribution is -2.46. The van der Waals surface area contributed by atoms with Crippen molar-refractivity contribution in [1.82, 2.24) is 43.9 Å². The van der Waals surface area contributed by atoms with Gasteiger partial charge in [-0.2, -0.15) is 10.2 Å². The van der Waals surface area contributed by atoms with Crippen LogP contribution < -0.4 is 26.0 Å². The third-order valence-corrected chi connectivity index (χ3v) is 14.2. The first-order chi connectivity index (χ1) is 35.4. The number of anilines is 2. The minimum Gasteiger partial charge on any atom is -0.477 e. The SMILES string of the molecule is BrCc1ccc(-n2cccn2)cc1.O=C(O)c1cn(C2CC2)c2cc(N3CCN(Cc4ccc(-n5cncn5)cc4)CC3)c(F)cc2c1=O.O=C(O)c1cn(C2CC2)c2cc(N3CCNCC3)c(F)cc2c1=O. The van der Waals surface area contributed by atoms with Crippen LogP contribution in [0.15, 0.2) is 126 Å². The number of alkyl halides is 1. The molecule has 0 radical (unpaired) electrons. The maximum Gasteiger partial charge on any atom is 0.341 e. The van der Waals surface area contributed by atoms with Crippen LogP contribution in [0.5, 0.6) is 0 Å². The first kappa shape index (κ1) is 49.0. The molecule has 4 aromatic heterocycles. The van der Waals surface area contributed by atoms with Crippen molar-refractivity contribution in [3.05, 3.63) is 171 Å². The summed E-state index contributed by atoms with van der Waals surface area (Å²) >= 11 is 3.41. The lowest BCUT2D eigenvalue weighted by molar-refractivity contribution is 0.0684. The molecule has 4 fully saturated rings. The normalized spacial score (nSPS) is 15.9. The number of nitrogens with one attached hydrogen (secondary N) is 1. The zero-order valence-electron chi connectivity index (χ0n) is 39.7. The molecule has 0 unspecified atom stereocenters. The number of piperazine rings is 2. The van der Waals surface area contributed by atoms with Crippen LogP contribution in [0.25, 0.3) is 33.2 Å². The Bertz CT molecular complexity index is 3400. The highest BCUT2D eigenvalue weighted by Crippen LogP contribution is 2.39. The van der Waals surface area contributed by atoms with Crippen molar-refractivity contribution < 1.29 is 28.6 Å². The highest BCUT2D eigenvalue weighted by atomic mass is 79.9. The summed E-state index contributed by atoms with van der Waals surface area (Å²) in [6.07, 6.45) is 13.4. The van der Waals surface area contributed by atoms with Gasteiger partial charge in [-0.25, -0.2) is 32.7 Å². The average molecular weight is 1060 g/mol. The Kier molecular flexibility index (Phi) is 14.3. The van der Waals surface area contributed by atoms with Crippen LogP contribution in [-0.4, -0.2) is 113 Å². The first-order valence-corrected chi connectivity index (χ1v) is 25.3. The van der Waals surface area contributed by atoms with E-state index in [0.29, 0.717) is 48.6 Å². The van der Waals surface area contributed by atoms with Gasteiger partial charge in [-0.15, -0.1) is 0 Å². The van der Waals surface area contributed by atoms with E-state index in [4.69, 9.17) is 0 Å². The molecule has 2 saturated carbocycles. The van der Waals surface area contributed by atoms with E-state index in [2.05, 4.69) is 77.7 Å². The molecule has 3 N–H and O–H groups in total. The van der Waals surface area contributed by atoms with Gasteiger partial charge in [0, 0.05) is 112 Å². The summed E-state index contributed by atoms with van der Waals surface area (Å²) in [6, 6.07) is 24.6. The molecule has 2 aliphatic heterocycles. The van der Waals surface area contributed by atoms with Crippen LogP contribution >= 0.6 is 15.9 Å². The zero-order chi connectivity index (χ0) is 50.8. The van der Waals surface area contributed by atoms with Crippen LogP contribution in [-0.2, 0) is 11.9 Å². The highest BCUT2D eigenvalue weighted by molar-refractivity contribution is 9.08. The molecule has 0 spiro atoms. The summed E-state index contributed by atoms with van der Waals surface area (Å²) in [5, 5.41) is 31.4. The number of hydrogen-bond donors (Lipinski definition) is 3. The van der Waals surface area contributed by atoms with Crippen molar-refractivity contribution in [2.75, 3.05) is 62.2 Å². The van der Waals surface area contributed by atoms with Gasteiger partial charge < -0.3 is 34.5 Å². The third-order valence-electron chi connectivity index (χ3n) is 13.6. The van der Waals surface area contributed by atoms with Gasteiger partial charge >= 0.3 is 11.9 Å². The number of carboxylic acids is 2. The number of benzene rings is 4. The highest BCUT2D eigenvalue weighted by Gasteiger charge is 2.30. The van der Waals surface area contributed by atoms with Crippen LogP contribution in [0.4, 0.5) is 20.2 Å². The number of halogens is 3. The van der Waals surface area contributed by atoms with Crippen molar-refractivity contribution in [1.29, 1.82) is 0 Å². The molecule has 73 heavy (non-hydrogen) atoms. The molecule has 12 rings (SSSR count). The number of carboxylic acid groups (broad SMARTS) is 2. The van der Waals surface area contributed by atoms with Gasteiger partial charge in [-0.05, 0) is 91.4 Å². The van der Waals surface area contributed by atoms with Crippen molar-refractivity contribution in [2.45, 2.75) is 49.6 Å². The monoisotopic (exact) mass is 1060 g/mol. The molecule has 20 heteroatoms.